The normalized spacial score (nSPS) is 27.9. The molecule has 4 unspecified atom stereocenters. The molecule has 0 amide bonds. The van der Waals surface area contributed by atoms with E-state index in [1.165, 1.54) is 49.7 Å². The monoisotopic (exact) mass is 420 g/mol. The summed E-state index contributed by atoms with van der Waals surface area (Å²) in [6, 6.07) is 8.98. The average molecular weight is 421 g/mol. The van der Waals surface area contributed by atoms with Gasteiger partial charge >= 0.3 is 5.97 Å². The van der Waals surface area contributed by atoms with E-state index in [1.807, 2.05) is 0 Å². The Morgan fingerprint density at radius 3 is 2.38 bits per heavy atom. The van der Waals surface area contributed by atoms with Gasteiger partial charge in [-0.3, -0.25) is 4.79 Å². The van der Waals surface area contributed by atoms with Gasteiger partial charge in [-0.1, -0.05) is 75.6 Å². The summed E-state index contributed by atoms with van der Waals surface area (Å²) in [4.78, 5) is 10.6. The molecule has 3 nitrogen and oxygen atoms in total. The smallest absolute Gasteiger partial charge is 0.303 e. The van der Waals surface area contributed by atoms with E-state index in [9.17, 15) is 9.90 Å². The third kappa shape index (κ3) is 6.72. The first kappa shape index (κ1) is 22.6. The highest BCUT2D eigenvalue weighted by Gasteiger charge is 2.41. The Hall–Kier alpha value is -1.06. The topological polar surface area (TPSA) is 57.5 Å². The molecule has 0 saturated heterocycles. The second kappa shape index (κ2) is 11.4. The number of carboxylic acid groups (broad SMARTS) is 1. The van der Waals surface area contributed by atoms with Gasteiger partial charge in [-0.05, 0) is 48.6 Å². The van der Waals surface area contributed by atoms with Gasteiger partial charge in [0.25, 0.3) is 0 Å². The molecule has 1 aromatic carbocycles. The first-order chi connectivity index (χ1) is 14.0. The predicted molar refractivity (Wildman–Crippen MR) is 119 cm³/mol. The molecule has 2 aliphatic carbocycles. The Bertz CT molecular complexity index is 623. The Balaban J connectivity index is 1.52. The lowest BCUT2D eigenvalue weighted by molar-refractivity contribution is -0.137. The highest BCUT2D eigenvalue weighted by molar-refractivity contribution is 6.21. The molecule has 0 aliphatic heterocycles. The second-order valence-corrected chi connectivity index (χ2v) is 9.87. The number of benzene rings is 1. The van der Waals surface area contributed by atoms with E-state index in [4.69, 9.17) is 16.7 Å². The van der Waals surface area contributed by atoms with E-state index in [0.717, 1.165) is 38.0 Å². The zero-order valence-electron chi connectivity index (χ0n) is 17.6. The fourth-order valence-electron chi connectivity index (χ4n) is 5.50. The van der Waals surface area contributed by atoms with Crippen molar-refractivity contribution >= 4 is 17.6 Å². The average Bonchev–Trinajstić information content (AvgIpc) is 2.99. The van der Waals surface area contributed by atoms with Gasteiger partial charge < -0.3 is 10.2 Å². The van der Waals surface area contributed by atoms with Gasteiger partial charge in [0.2, 0.25) is 0 Å². The van der Waals surface area contributed by atoms with Crippen LogP contribution in [0.5, 0.6) is 0 Å². The van der Waals surface area contributed by atoms with E-state index < -0.39 is 5.97 Å². The predicted octanol–water partition coefficient (Wildman–Crippen LogP) is 6.31. The molecular weight excluding hydrogens is 384 g/mol. The third-order valence-corrected chi connectivity index (χ3v) is 7.60. The van der Waals surface area contributed by atoms with Gasteiger partial charge in [-0.25, -0.2) is 0 Å². The largest absolute Gasteiger partial charge is 0.481 e. The fraction of sp³-hybridized carbons (Fsp3) is 0.720. The number of aliphatic hydroxyl groups excluding tert-OH is 1. The van der Waals surface area contributed by atoms with Crippen molar-refractivity contribution in [3.8, 4) is 0 Å². The third-order valence-electron chi connectivity index (χ3n) is 7.10. The van der Waals surface area contributed by atoms with Crippen LogP contribution in [0.15, 0.2) is 24.3 Å². The summed E-state index contributed by atoms with van der Waals surface area (Å²) in [6.07, 6.45) is 13.4. The number of carboxylic acids is 1. The number of hydrogen-bond acceptors (Lipinski definition) is 2. The molecule has 4 heteroatoms. The van der Waals surface area contributed by atoms with Gasteiger partial charge in [0.15, 0.2) is 0 Å². The molecule has 2 fully saturated rings. The molecule has 29 heavy (non-hydrogen) atoms. The number of alkyl halides is 1. The summed E-state index contributed by atoms with van der Waals surface area (Å²) >= 11 is 6.62. The fourth-order valence-corrected chi connectivity index (χ4v) is 5.97. The highest BCUT2D eigenvalue weighted by atomic mass is 35.5. The lowest BCUT2D eigenvalue weighted by Gasteiger charge is -2.25. The Kier molecular flexibility index (Phi) is 8.86. The molecular formula is C25H37ClO3. The summed E-state index contributed by atoms with van der Waals surface area (Å²) in [7, 11) is 0. The maximum atomic E-state index is 10.7. The molecule has 162 valence electrons. The quantitative estimate of drug-likeness (QED) is 0.344. The van der Waals surface area contributed by atoms with Crippen LogP contribution in [0.4, 0.5) is 0 Å². The number of rotatable bonds is 10. The van der Waals surface area contributed by atoms with Crippen molar-refractivity contribution in [3.63, 3.8) is 0 Å². The van der Waals surface area contributed by atoms with Crippen molar-refractivity contribution in [2.75, 3.05) is 0 Å². The minimum atomic E-state index is -0.711. The molecule has 4 atom stereocenters. The summed E-state index contributed by atoms with van der Waals surface area (Å²) < 4.78 is 0. The number of halogens is 1. The molecule has 0 spiro atoms. The Labute approximate surface area is 180 Å². The summed E-state index contributed by atoms with van der Waals surface area (Å²) in [5, 5.41) is 19.4. The number of unbranched alkanes of at least 4 members (excludes halogenated alkanes) is 3. The number of hydrogen-bond donors (Lipinski definition) is 2. The standard InChI is InChI=1S/C25H37ClO3/c26-22-17-23(27)25(21(22)10-6-1-2-7-11-24(28)29)20-14-12-19(13-15-20)16-18-8-4-3-5-9-18/h12-15,18,21-23,25,27H,1-11,16-17H2,(H,28,29). The van der Waals surface area contributed by atoms with Crippen molar-refractivity contribution < 1.29 is 15.0 Å². The van der Waals surface area contributed by atoms with Gasteiger partial charge in [0.05, 0.1) is 6.10 Å². The number of carbonyl (C=O) groups is 1. The zero-order valence-corrected chi connectivity index (χ0v) is 18.3. The van der Waals surface area contributed by atoms with Crippen LogP contribution in [0.25, 0.3) is 0 Å². The number of aliphatic hydroxyl groups is 1. The van der Waals surface area contributed by atoms with Crippen molar-refractivity contribution in [2.45, 2.75) is 101 Å². The molecule has 0 radical (unpaired) electrons. The van der Waals surface area contributed by atoms with Crippen molar-refractivity contribution in [2.24, 2.45) is 11.8 Å². The maximum Gasteiger partial charge on any atom is 0.303 e. The maximum absolute atomic E-state index is 10.7. The van der Waals surface area contributed by atoms with Gasteiger partial charge in [-0.15, -0.1) is 11.6 Å². The molecule has 0 aromatic heterocycles. The van der Waals surface area contributed by atoms with Crippen LogP contribution in [0.3, 0.4) is 0 Å². The van der Waals surface area contributed by atoms with E-state index in [2.05, 4.69) is 24.3 Å². The molecule has 2 N–H and O–H groups in total. The minimum absolute atomic E-state index is 0.0240. The van der Waals surface area contributed by atoms with Crippen LogP contribution in [-0.4, -0.2) is 27.7 Å². The Morgan fingerprint density at radius 1 is 1.00 bits per heavy atom. The minimum Gasteiger partial charge on any atom is -0.481 e. The van der Waals surface area contributed by atoms with E-state index in [-0.39, 0.29) is 23.8 Å². The Morgan fingerprint density at radius 2 is 1.69 bits per heavy atom. The van der Waals surface area contributed by atoms with Gasteiger partial charge in [-0.2, -0.15) is 0 Å². The molecule has 0 bridgehead atoms. The van der Waals surface area contributed by atoms with E-state index in [0.29, 0.717) is 12.3 Å². The lowest BCUT2D eigenvalue weighted by atomic mass is 9.82. The molecule has 0 heterocycles. The molecule has 1 aromatic rings. The summed E-state index contributed by atoms with van der Waals surface area (Å²) in [5.74, 6) is 0.556. The SMILES string of the molecule is O=C(O)CCCCCCC1C(Cl)CC(O)C1c1ccc(CC2CCCCC2)cc1. The van der Waals surface area contributed by atoms with E-state index in [1.54, 1.807) is 0 Å². The molecule has 2 aliphatic rings. The lowest BCUT2D eigenvalue weighted by Crippen LogP contribution is -2.19. The van der Waals surface area contributed by atoms with Gasteiger partial charge in [0.1, 0.15) is 0 Å². The summed E-state index contributed by atoms with van der Waals surface area (Å²) in [5.41, 5.74) is 2.65. The van der Waals surface area contributed by atoms with Crippen LogP contribution in [0, 0.1) is 11.8 Å². The van der Waals surface area contributed by atoms with Gasteiger partial charge in [0, 0.05) is 17.7 Å². The van der Waals surface area contributed by atoms with Crippen molar-refractivity contribution in [1.82, 2.24) is 0 Å². The first-order valence-electron chi connectivity index (χ1n) is 11.7. The molecule has 3 rings (SSSR count). The van der Waals surface area contributed by atoms with Crippen molar-refractivity contribution in [3.05, 3.63) is 35.4 Å². The van der Waals surface area contributed by atoms with Crippen LogP contribution in [-0.2, 0) is 11.2 Å². The molecule has 2 saturated carbocycles. The van der Waals surface area contributed by atoms with Crippen LogP contribution >= 0.6 is 11.6 Å². The number of aliphatic carboxylic acids is 1. The van der Waals surface area contributed by atoms with Crippen molar-refractivity contribution in [1.29, 1.82) is 0 Å². The first-order valence-corrected chi connectivity index (χ1v) is 12.1. The van der Waals surface area contributed by atoms with E-state index >= 15 is 0 Å². The zero-order chi connectivity index (χ0) is 20.6. The summed E-state index contributed by atoms with van der Waals surface area (Å²) in [6.45, 7) is 0. The van der Waals surface area contributed by atoms with Crippen LogP contribution in [0.2, 0.25) is 0 Å². The highest BCUT2D eigenvalue weighted by Crippen LogP contribution is 2.45. The van der Waals surface area contributed by atoms with Crippen LogP contribution < -0.4 is 0 Å². The second-order valence-electron chi connectivity index (χ2n) is 9.31. The van der Waals surface area contributed by atoms with Crippen LogP contribution in [0.1, 0.15) is 94.1 Å².